The third-order valence-corrected chi connectivity index (χ3v) is 6.25. The van der Waals surface area contributed by atoms with Crippen LogP contribution in [0.3, 0.4) is 0 Å². The van der Waals surface area contributed by atoms with Crippen molar-refractivity contribution >= 4 is 46.3 Å². The second-order valence-corrected chi connectivity index (χ2v) is 8.90. The zero-order chi connectivity index (χ0) is 22.9. The second kappa shape index (κ2) is 11.7. The number of hydrogen-bond acceptors (Lipinski definition) is 6. The van der Waals surface area contributed by atoms with Gasteiger partial charge < -0.3 is 14.6 Å². The average molecular weight is 472 g/mol. The van der Waals surface area contributed by atoms with Crippen molar-refractivity contribution in [2.45, 2.75) is 32.3 Å². The number of amides is 1. The number of thiocarbonyl (C=S) groups is 1. The number of hydrogen-bond donors (Lipinski definition) is 1. The van der Waals surface area contributed by atoms with E-state index in [4.69, 9.17) is 26.8 Å². The van der Waals surface area contributed by atoms with E-state index in [1.54, 1.807) is 18.1 Å². The summed E-state index contributed by atoms with van der Waals surface area (Å²) < 4.78 is 11.9. The van der Waals surface area contributed by atoms with Crippen molar-refractivity contribution in [2.24, 2.45) is 0 Å². The molecule has 1 N–H and O–H groups in total. The molecule has 2 aromatic carbocycles. The van der Waals surface area contributed by atoms with Crippen molar-refractivity contribution < 1.29 is 24.2 Å². The molecule has 32 heavy (non-hydrogen) atoms. The maximum absolute atomic E-state index is 12.8. The normalized spacial score (nSPS) is 14.8. The van der Waals surface area contributed by atoms with E-state index in [0.717, 1.165) is 17.5 Å². The number of rotatable bonds is 11. The monoisotopic (exact) mass is 471 g/mol. The van der Waals surface area contributed by atoms with Crippen LogP contribution in [0.1, 0.15) is 36.8 Å². The average Bonchev–Trinajstić information content (AvgIpc) is 3.05. The van der Waals surface area contributed by atoms with Crippen LogP contribution in [0.4, 0.5) is 0 Å². The van der Waals surface area contributed by atoms with Gasteiger partial charge in [-0.2, -0.15) is 0 Å². The Labute approximate surface area is 197 Å². The van der Waals surface area contributed by atoms with E-state index in [2.05, 4.69) is 0 Å². The molecule has 2 aromatic rings. The third-order valence-electron chi connectivity index (χ3n) is 4.87. The highest BCUT2D eigenvalue weighted by molar-refractivity contribution is 8.26. The molecule has 1 heterocycles. The number of carboxylic acids is 1. The molecule has 0 atom stereocenters. The van der Waals surface area contributed by atoms with Gasteiger partial charge in [0.05, 0.1) is 12.0 Å². The van der Waals surface area contributed by atoms with E-state index in [9.17, 15) is 9.59 Å². The van der Waals surface area contributed by atoms with Gasteiger partial charge in [0.2, 0.25) is 0 Å². The number of carbonyl (C=O) groups is 2. The summed E-state index contributed by atoms with van der Waals surface area (Å²) in [7, 11) is 1.59. The third kappa shape index (κ3) is 6.58. The zero-order valence-electron chi connectivity index (χ0n) is 17.8. The highest BCUT2D eigenvalue weighted by atomic mass is 32.2. The number of nitrogens with zero attached hydrogens (tertiary/aromatic N) is 1. The fraction of sp³-hybridized carbons (Fsp3) is 0.292. The molecule has 0 unspecified atom stereocenters. The fourth-order valence-corrected chi connectivity index (χ4v) is 4.51. The number of ether oxygens (including phenoxy) is 2. The van der Waals surface area contributed by atoms with Gasteiger partial charge in [-0.1, -0.05) is 66.8 Å². The van der Waals surface area contributed by atoms with Crippen molar-refractivity contribution in [1.29, 1.82) is 0 Å². The van der Waals surface area contributed by atoms with Gasteiger partial charge >= 0.3 is 5.97 Å². The Hall–Kier alpha value is -2.84. The van der Waals surface area contributed by atoms with Crippen LogP contribution in [0.25, 0.3) is 6.08 Å². The molecule has 3 rings (SSSR count). The van der Waals surface area contributed by atoms with Gasteiger partial charge in [-0.25, -0.2) is 0 Å². The van der Waals surface area contributed by atoms with Gasteiger partial charge in [0.15, 0.2) is 11.5 Å². The van der Waals surface area contributed by atoms with E-state index in [0.29, 0.717) is 46.7 Å². The summed E-state index contributed by atoms with van der Waals surface area (Å²) in [5, 5.41) is 8.71. The van der Waals surface area contributed by atoms with Crippen molar-refractivity contribution in [1.82, 2.24) is 4.90 Å². The first kappa shape index (κ1) is 23.8. The number of carboxylic acid groups (broad SMARTS) is 1. The topological polar surface area (TPSA) is 76.1 Å². The zero-order valence-corrected chi connectivity index (χ0v) is 19.4. The van der Waals surface area contributed by atoms with Crippen LogP contribution in [0.5, 0.6) is 11.5 Å². The van der Waals surface area contributed by atoms with Crippen molar-refractivity contribution in [3.63, 3.8) is 0 Å². The van der Waals surface area contributed by atoms with Gasteiger partial charge in [0, 0.05) is 13.0 Å². The summed E-state index contributed by atoms with van der Waals surface area (Å²) in [5.74, 6) is 0.289. The van der Waals surface area contributed by atoms with Crippen LogP contribution in [0.15, 0.2) is 53.4 Å². The second-order valence-electron chi connectivity index (χ2n) is 7.22. The molecule has 1 aliphatic rings. The first-order valence-corrected chi connectivity index (χ1v) is 11.5. The molecule has 168 valence electrons. The molecule has 1 amide bonds. The van der Waals surface area contributed by atoms with Crippen molar-refractivity contribution in [3.8, 4) is 11.5 Å². The van der Waals surface area contributed by atoms with Gasteiger partial charge in [-0.05, 0) is 42.2 Å². The van der Waals surface area contributed by atoms with Crippen LogP contribution in [-0.2, 0) is 16.2 Å². The maximum atomic E-state index is 12.8. The summed E-state index contributed by atoms with van der Waals surface area (Å²) >= 11 is 6.65. The van der Waals surface area contributed by atoms with Gasteiger partial charge in [-0.3, -0.25) is 14.5 Å². The predicted molar refractivity (Wildman–Crippen MR) is 130 cm³/mol. The van der Waals surface area contributed by atoms with E-state index >= 15 is 0 Å². The Morgan fingerprint density at radius 2 is 1.91 bits per heavy atom. The largest absolute Gasteiger partial charge is 0.493 e. The van der Waals surface area contributed by atoms with Crippen LogP contribution in [-0.4, -0.2) is 39.9 Å². The van der Waals surface area contributed by atoms with E-state index in [1.807, 2.05) is 48.5 Å². The van der Waals surface area contributed by atoms with Gasteiger partial charge in [0.25, 0.3) is 5.91 Å². The highest BCUT2D eigenvalue weighted by Gasteiger charge is 2.31. The lowest BCUT2D eigenvalue weighted by Crippen LogP contribution is -2.29. The lowest BCUT2D eigenvalue weighted by molar-refractivity contribution is -0.137. The number of carbonyl (C=O) groups excluding carboxylic acids is 1. The fourth-order valence-electron chi connectivity index (χ4n) is 3.20. The summed E-state index contributed by atoms with van der Waals surface area (Å²) in [5.41, 5.74) is 1.86. The molecular formula is C24H25NO5S2. The summed E-state index contributed by atoms with van der Waals surface area (Å²) in [6.45, 7) is 0.903. The molecule has 0 radical (unpaired) electrons. The van der Waals surface area contributed by atoms with Crippen molar-refractivity contribution in [3.05, 3.63) is 64.6 Å². The maximum Gasteiger partial charge on any atom is 0.303 e. The summed E-state index contributed by atoms with van der Waals surface area (Å²) in [6, 6.07) is 15.4. The molecule has 0 bridgehead atoms. The molecule has 1 aliphatic heterocycles. The highest BCUT2D eigenvalue weighted by Crippen LogP contribution is 2.35. The Bertz CT molecular complexity index is 1010. The lowest BCUT2D eigenvalue weighted by Gasteiger charge is -2.14. The van der Waals surface area contributed by atoms with Crippen LogP contribution >= 0.6 is 24.0 Å². The first-order chi connectivity index (χ1) is 15.5. The van der Waals surface area contributed by atoms with Gasteiger partial charge in [-0.15, -0.1) is 0 Å². The number of thioether (sulfide) groups is 1. The molecule has 6 nitrogen and oxygen atoms in total. The molecule has 0 aromatic heterocycles. The summed E-state index contributed by atoms with van der Waals surface area (Å²) in [4.78, 5) is 25.6. The Morgan fingerprint density at radius 3 is 2.62 bits per heavy atom. The Morgan fingerprint density at radius 1 is 1.12 bits per heavy atom. The van der Waals surface area contributed by atoms with Crippen molar-refractivity contribution in [2.75, 3.05) is 13.7 Å². The Balaban J connectivity index is 1.65. The van der Waals surface area contributed by atoms with Gasteiger partial charge in [0.1, 0.15) is 10.9 Å². The van der Waals surface area contributed by atoms with E-state index < -0.39 is 5.97 Å². The van der Waals surface area contributed by atoms with Crippen LogP contribution in [0, 0.1) is 0 Å². The van der Waals surface area contributed by atoms with E-state index in [1.165, 1.54) is 11.8 Å². The minimum atomic E-state index is -0.801. The number of benzene rings is 2. The number of unbranched alkanes of at least 4 members (excludes halogenated alkanes) is 2. The molecule has 0 aliphatic carbocycles. The molecule has 0 spiro atoms. The van der Waals surface area contributed by atoms with Crippen LogP contribution < -0.4 is 9.47 Å². The standard InChI is InChI=1S/C24H25NO5S2/c1-29-19-12-11-18(14-20(19)30-16-17-8-4-2-5-9-17)15-21-23(28)25(24(31)32-21)13-7-3-6-10-22(26)27/h2,4-5,8-9,11-12,14-15H,3,6-7,10,13,16H2,1H3,(H,26,27)/b21-15-. The summed E-state index contributed by atoms with van der Waals surface area (Å²) in [6.07, 6.45) is 4.00. The quantitative estimate of drug-likeness (QED) is 0.277. The molecular weight excluding hydrogens is 446 g/mol. The lowest BCUT2D eigenvalue weighted by atomic mass is 10.1. The Kier molecular flexibility index (Phi) is 8.70. The number of aliphatic carboxylic acids is 1. The molecule has 1 saturated heterocycles. The van der Waals surface area contributed by atoms with Crippen LogP contribution in [0.2, 0.25) is 0 Å². The predicted octanol–water partition coefficient (Wildman–Crippen LogP) is 5.12. The minimum Gasteiger partial charge on any atom is -0.493 e. The minimum absolute atomic E-state index is 0.124. The number of methoxy groups -OCH3 is 1. The molecule has 1 fully saturated rings. The molecule has 0 saturated carbocycles. The SMILES string of the molecule is COc1ccc(/C=C2\SC(=S)N(CCCCCC(=O)O)C2=O)cc1OCc1ccccc1. The first-order valence-electron chi connectivity index (χ1n) is 10.3. The molecule has 8 heteroatoms. The smallest absolute Gasteiger partial charge is 0.303 e. The van der Waals surface area contributed by atoms with E-state index in [-0.39, 0.29) is 12.3 Å².